The van der Waals surface area contributed by atoms with E-state index in [1.54, 1.807) is 10.9 Å². The van der Waals surface area contributed by atoms with Crippen LogP contribution in [0.4, 0.5) is 4.39 Å². The molecule has 0 saturated carbocycles. The normalized spacial score (nSPS) is 10.7. The molecule has 100 valence electrons. The van der Waals surface area contributed by atoms with Gasteiger partial charge in [-0.25, -0.2) is 9.07 Å². The molecular weight excluding hydrogens is 253 g/mol. The molecule has 3 nitrogen and oxygen atoms in total. The van der Waals surface area contributed by atoms with Gasteiger partial charge in [0, 0.05) is 18.3 Å². The first-order valence-corrected chi connectivity index (χ1v) is 6.36. The van der Waals surface area contributed by atoms with Gasteiger partial charge in [-0.15, -0.1) is 0 Å². The van der Waals surface area contributed by atoms with Crippen LogP contribution in [0.3, 0.4) is 0 Å². The number of hydrogen-bond donors (Lipinski definition) is 1. The van der Waals surface area contributed by atoms with Crippen LogP contribution in [0.1, 0.15) is 5.56 Å². The molecule has 1 aromatic heterocycles. The highest BCUT2D eigenvalue weighted by Crippen LogP contribution is 2.22. The first-order valence-electron chi connectivity index (χ1n) is 6.36. The van der Waals surface area contributed by atoms with Gasteiger partial charge in [-0.3, -0.25) is 0 Å². The van der Waals surface area contributed by atoms with E-state index in [4.69, 9.17) is 5.73 Å². The third-order valence-electron chi connectivity index (χ3n) is 3.13. The summed E-state index contributed by atoms with van der Waals surface area (Å²) < 4.78 is 15.3. The number of nitrogens with two attached hydrogens (primary N) is 1. The van der Waals surface area contributed by atoms with E-state index in [0.29, 0.717) is 6.54 Å². The minimum atomic E-state index is -0.282. The second-order valence-electron chi connectivity index (χ2n) is 4.56. The minimum absolute atomic E-state index is 0.282. The monoisotopic (exact) mass is 267 g/mol. The third-order valence-corrected chi connectivity index (χ3v) is 3.13. The highest BCUT2D eigenvalue weighted by atomic mass is 19.1. The summed E-state index contributed by atoms with van der Waals surface area (Å²) in [5, 5.41) is 4.31. The number of para-hydroxylation sites is 1. The molecule has 0 bridgehead atoms. The maximum absolute atomic E-state index is 13.5. The van der Waals surface area contributed by atoms with E-state index in [2.05, 4.69) is 5.10 Å². The minimum Gasteiger partial charge on any atom is -0.326 e. The fourth-order valence-corrected chi connectivity index (χ4v) is 2.13. The van der Waals surface area contributed by atoms with E-state index < -0.39 is 0 Å². The highest BCUT2D eigenvalue weighted by Gasteiger charge is 2.06. The average molecular weight is 267 g/mol. The van der Waals surface area contributed by atoms with Gasteiger partial charge in [-0.05, 0) is 41.5 Å². The molecule has 0 spiro atoms. The SMILES string of the molecule is NCc1cc(F)cc(-c2cnn(-c3ccccc3)c2)c1. The molecule has 0 radical (unpaired) electrons. The van der Waals surface area contributed by atoms with Gasteiger partial charge in [0.25, 0.3) is 0 Å². The van der Waals surface area contributed by atoms with Crippen LogP contribution in [-0.4, -0.2) is 9.78 Å². The summed E-state index contributed by atoms with van der Waals surface area (Å²) in [5.41, 5.74) is 8.96. The van der Waals surface area contributed by atoms with Crippen molar-refractivity contribution >= 4 is 0 Å². The van der Waals surface area contributed by atoms with Crippen molar-refractivity contribution in [2.45, 2.75) is 6.54 Å². The van der Waals surface area contributed by atoms with Gasteiger partial charge in [-0.1, -0.05) is 18.2 Å². The number of benzene rings is 2. The van der Waals surface area contributed by atoms with Crippen LogP contribution in [0.2, 0.25) is 0 Å². The third kappa shape index (κ3) is 2.46. The molecule has 3 rings (SSSR count). The second-order valence-corrected chi connectivity index (χ2v) is 4.56. The molecule has 0 unspecified atom stereocenters. The van der Waals surface area contributed by atoms with Gasteiger partial charge in [0.15, 0.2) is 0 Å². The Kier molecular flexibility index (Phi) is 3.31. The Bertz CT molecular complexity index is 720. The van der Waals surface area contributed by atoms with Gasteiger partial charge >= 0.3 is 0 Å². The number of rotatable bonds is 3. The lowest BCUT2D eigenvalue weighted by Crippen LogP contribution is -1.97. The Hall–Kier alpha value is -2.46. The molecule has 4 heteroatoms. The van der Waals surface area contributed by atoms with Crippen molar-refractivity contribution < 1.29 is 4.39 Å². The topological polar surface area (TPSA) is 43.8 Å². The molecule has 2 aromatic carbocycles. The molecule has 0 saturated heterocycles. The zero-order valence-electron chi connectivity index (χ0n) is 10.8. The van der Waals surface area contributed by atoms with Crippen molar-refractivity contribution in [3.8, 4) is 16.8 Å². The molecule has 0 aliphatic carbocycles. The average Bonchev–Trinajstić information content (AvgIpc) is 2.97. The van der Waals surface area contributed by atoms with Crippen molar-refractivity contribution in [3.05, 3.63) is 72.3 Å². The molecule has 0 aliphatic heterocycles. The summed E-state index contributed by atoms with van der Waals surface area (Å²) in [7, 11) is 0. The molecule has 20 heavy (non-hydrogen) atoms. The van der Waals surface area contributed by atoms with Crippen molar-refractivity contribution in [1.82, 2.24) is 9.78 Å². The van der Waals surface area contributed by atoms with Crippen LogP contribution in [0, 0.1) is 5.82 Å². The van der Waals surface area contributed by atoms with Crippen LogP contribution >= 0.6 is 0 Å². The van der Waals surface area contributed by atoms with Crippen molar-refractivity contribution in [1.29, 1.82) is 0 Å². The Morgan fingerprint density at radius 3 is 2.60 bits per heavy atom. The lowest BCUT2D eigenvalue weighted by molar-refractivity contribution is 0.626. The predicted molar refractivity (Wildman–Crippen MR) is 76.8 cm³/mol. The molecule has 0 atom stereocenters. The molecule has 0 aliphatic rings. The fourth-order valence-electron chi connectivity index (χ4n) is 2.13. The number of hydrogen-bond acceptors (Lipinski definition) is 2. The van der Waals surface area contributed by atoms with Crippen LogP contribution in [0.25, 0.3) is 16.8 Å². The smallest absolute Gasteiger partial charge is 0.124 e. The van der Waals surface area contributed by atoms with Crippen molar-refractivity contribution in [2.75, 3.05) is 0 Å². The second kappa shape index (κ2) is 5.27. The largest absolute Gasteiger partial charge is 0.326 e. The molecule has 2 N–H and O–H groups in total. The first kappa shape index (κ1) is 12.6. The van der Waals surface area contributed by atoms with E-state index in [1.807, 2.05) is 42.6 Å². The summed E-state index contributed by atoms with van der Waals surface area (Å²) in [4.78, 5) is 0. The van der Waals surface area contributed by atoms with Crippen LogP contribution < -0.4 is 5.73 Å². The number of nitrogens with zero attached hydrogens (tertiary/aromatic N) is 2. The molecule has 3 aromatic rings. The van der Waals surface area contributed by atoms with E-state index >= 15 is 0 Å². The van der Waals surface area contributed by atoms with Gasteiger partial charge in [0.1, 0.15) is 5.82 Å². The predicted octanol–water partition coefficient (Wildman–Crippen LogP) is 3.14. The van der Waals surface area contributed by atoms with E-state index in [9.17, 15) is 4.39 Å². The molecular formula is C16H14FN3. The van der Waals surface area contributed by atoms with E-state index in [-0.39, 0.29) is 5.82 Å². The first-order chi connectivity index (χ1) is 9.76. The van der Waals surface area contributed by atoms with Gasteiger partial charge in [0.05, 0.1) is 11.9 Å². The maximum atomic E-state index is 13.5. The van der Waals surface area contributed by atoms with Crippen molar-refractivity contribution in [3.63, 3.8) is 0 Å². The Balaban J connectivity index is 2.00. The Morgan fingerprint density at radius 1 is 1.05 bits per heavy atom. The lowest BCUT2D eigenvalue weighted by atomic mass is 10.1. The zero-order valence-corrected chi connectivity index (χ0v) is 10.8. The van der Waals surface area contributed by atoms with E-state index in [0.717, 1.165) is 22.4 Å². The summed E-state index contributed by atoms with van der Waals surface area (Å²) in [6.45, 7) is 0.317. The lowest BCUT2D eigenvalue weighted by Gasteiger charge is -2.02. The van der Waals surface area contributed by atoms with Gasteiger partial charge < -0.3 is 5.73 Å². The summed E-state index contributed by atoms with van der Waals surface area (Å²) in [6.07, 6.45) is 3.60. The number of aromatic nitrogens is 2. The number of halogens is 1. The van der Waals surface area contributed by atoms with Crippen LogP contribution in [0.15, 0.2) is 60.9 Å². The quantitative estimate of drug-likeness (QED) is 0.792. The van der Waals surface area contributed by atoms with Gasteiger partial charge in [0.2, 0.25) is 0 Å². The molecule has 0 fully saturated rings. The highest BCUT2D eigenvalue weighted by molar-refractivity contribution is 5.63. The molecule has 1 heterocycles. The Labute approximate surface area is 116 Å². The summed E-state index contributed by atoms with van der Waals surface area (Å²) in [6, 6.07) is 14.6. The zero-order chi connectivity index (χ0) is 13.9. The Morgan fingerprint density at radius 2 is 1.85 bits per heavy atom. The standard InChI is InChI=1S/C16H14FN3/c17-15-7-12(9-18)6-13(8-15)14-10-19-20(11-14)16-4-2-1-3-5-16/h1-8,10-11H,9,18H2. The maximum Gasteiger partial charge on any atom is 0.124 e. The summed E-state index contributed by atoms with van der Waals surface area (Å²) in [5.74, 6) is -0.282. The molecule has 0 amide bonds. The van der Waals surface area contributed by atoms with Crippen LogP contribution in [0.5, 0.6) is 0 Å². The fraction of sp³-hybridized carbons (Fsp3) is 0.0625. The summed E-state index contributed by atoms with van der Waals surface area (Å²) >= 11 is 0. The van der Waals surface area contributed by atoms with Crippen LogP contribution in [-0.2, 0) is 6.54 Å². The van der Waals surface area contributed by atoms with Crippen molar-refractivity contribution in [2.24, 2.45) is 5.73 Å². The van der Waals surface area contributed by atoms with E-state index in [1.165, 1.54) is 12.1 Å². The van der Waals surface area contributed by atoms with Gasteiger partial charge in [-0.2, -0.15) is 5.10 Å².